The summed E-state index contributed by atoms with van der Waals surface area (Å²) in [7, 11) is 4.49. The average molecular weight is 304 g/mol. The van der Waals surface area contributed by atoms with Crippen molar-refractivity contribution in [3.63, 3.8) is 0 Å². The van der Waals surface area contributed by atoms with Gasteiger partial charge in [0.15, 0.2) is 11.6 Å². The van der Waals surface area contributed by atoms with Crippen LogP contribution in [0.25, 0.3) is 0 Å². The number of carbonyl (C=O) groups is 3. The normalized spacial score (nSPS) is 7.71. The van der Waals surface area contributed by atoms with Crippen molar-refractivity contribution in [2.75, 3.05) is 21.2 Å². The molecule has 0 rings (SSSR count). The van der Waals surface area contributed by atoms with Crippen LogP contribution in [0.3, 0.4) is 0 Å². The van der Waals surface area contributed by atoms with Gasteiger partial charge in [-0.2, -0.15) is 0 Å². The van der Waals surface area contributed by atoms with Crippen LogP contribution in [0, 0.1) is 0 Å². The number of nitrogens with zero attached hydrogens (tertiary/aromatic N) is 2. The van der Waals surface area contributed by atoms with E-state index in [4.69, 9.17) is 0 Å². The van der Waals surface area contributed by atoms with Crippen molar-refractivity contribution < 1.29 is 19.1 Å². The fourth-order valence-electron chi connectivity index (χ4n) is 0.364. The van der Waals surface area contributed by atoms with Gasteiger partial charge < -0.3 is 4.74 Å². The maximum atomic E-state index is 9.89. The van der Waals surface area contributed by atoms with E-state index in [2.05, 4.69) is 14.7 Å². The Morgan fingerprint density at radius 1 is 0.762 bits per heavy atom. The molecular weight excluding hydrogens is 272 g/mol. The summed E-state index contributed by atoms with van der Waals surface area (Å²) in [5, 5.41) is 0. The number of methoxy groups -OCH3 is 1. The van der Waals surface area contributed by atoms with Crippen molar-refractivity contribution >= 4 is 30.0 Å². The molecule has 0 spiro atoms. The van der Waals surface area contributed by atoms with Gasteiger partial charge in [0.1, 0.15) is 0 Å². The summed E-state index contributed by atoms with van der Waals surface area (Å²) in [6.45, 7) is 12.3. The zero-order chi connectivity index (χ0) is 18.3. The molecule has 0 bridgehead atoms. The molecule has 0 aromatic carbocycles. The Balaban J connectivity index is -0.0000000545. The summed E-state index contributed by atoms with van der Waals surface area (Å²) in [5.41, 5.74) is 0. The van der Waals surface area contributed by atoms with Gasteiger partial charge in [-0.25, -0.2) is 0 Å². The summed E-state index contributed by atoms with van der Waals surface area (Å²) >= 11 is 0. The first-order chi connectivity index (χ1) is 9.81. The Morgan fingerprint density at radius 2 is 0.952 bits per heavy atom. The molecule has 0 saturated carbocycles. The van der Waals surface area contributed by atoms with Crippen LogP contribution in [0.1, 0.15) is 48.5 Å². The van der Waals surface area contributed by atoms with Gasteiger partial charge in [-0.3, -0.25) is 24.4 Å². The lowest BCUT2D eigenvalue weighted by Gasteiger charge is -1.80. The van der Waals surface area contributed by atoms with Gasteiger partial charge in [-0.1, -0.05) is 27.7 Å². The molecule has 0 aliphatic carbocycles. The number of aliphatic imine (C=N–C) groups is 2. The highest BCUT2D eigenvalue weighted by Gasteiger charge is 1.76. The zero-order valence-corrected chi connectivity index (χ0v) is 15.2. The van der Waals surface area contributed by atoms with Crippen molar-refractivity contribution in [3.8, 4) is 0 Å². The van der Waals surface area contributed by atoms with Gasteiger partial charge in [-0.05, 0) is 0 Å². The molecule has 0 aromatic rings. The summed E-state index contributed by atoms with van der Waals surface area (Å²) < 4.78 is 4.11. The Labute approximate surface area is 129 Å². The Bertz CT molecular complexity index is 263. The minimum atomic E-state index is -0.245. The SMILES string of the molecule is CC.CC.CN=CC(C)=O.CN=CC(C)=O.COC(C)=O. The first-order valence-electron chi connectivity index (χ1n) is 6.71. The van der Waals surface area contributed by atoms with Crippen LogP contribution < -0.4 is 0 Å². The second-order valence-corrected chi connectivity index (χ2v) is 2.69. The molecule has 0 fully saturated rings. The standard InChI is InChI=1S/2C4H7NO.C3H6O2.2C2H6/c2*1-4(6)3-5-2;1-3(4)5-2;2*1-2/h2*3H,1-2H3;1-2H3;2*1-2H3. The van der Waals surface area contributed by atoms with Crippen LogP contribution >= 0.6 is 0 Å². The minimum Gasteiger partial charge on any atom is -0.469 e. The highest BCUT2D eigenvalue weighted by atomic mass is 16.5. The van der Waals surface area contributed by atoms with E-state index in [1.807, 2.05) is 27.7 Å². The van der Waals surface area contributed by atoms with Crippen LogP contribution in [-0.2, 0) is 19.1 Å². The fraction of sp³-hybridized carbons (Fsp3) is 0.667. The lowest BCUT2D eigenvalue weighted by molar-refractivity contribution is -0.138. The predicted molar refractivity (Wildman–Crippen MR) is 90.6 cm³/mol. The Kier molecular flexibility index (Phi) is 54.3. The van der Waals surface area contributed by atoms with E-state index in [1.165, 1.54) is 40.3 Å². The highest BCUT2D eigenvalue weighted by molar-refractivity contribution is 6.26. The van der Waals surface area contributed by atoms with Gasteiger partial charge in [0.2, 0.25) is 0 Å². The van der Waals surface area contributed by atoms with Crippen molar-refractivity contribution in [2.45, 2.75) is 48.5 Å². The molecule has 0 saturated heterocycles. The lowest BCUT2D eigenvalue weighted by atomic mass is 10.5. The van der Waals surface area contributed by atoms with E-state index in [0.29, 0.717) is 0 Å². The van der Waals surface area contributed by atoms with Gasteiger partial charge >= 0.3 is 5.97 Å². The molecule has 0 aromatic heterocycles. The quantitative estimate of drug-likeness (QED) is 0.580. The average Bonchev–Trinajstić information content (AvgIpc) is 2.44. The van der Waals surface area contributed by atoms with E-state index in [-0.39, 0.29) is 17.5 Å². The van der Waals surface area contributed by atoms with E-state index >= 15 is 0 Å². The second kappa shape index (κ2) is 36.2. The van der Waals surface area contributed by atoms with Gasteiger partial charge in [0.25, 0.3) is 0 Å². The van der Waals surface area contributed by atoms with E-state index in [0.717, 1.165) is 0 Å². The van der Waals surface area contributed by atoms with E-state index in [9.17, 15) is 14.4 Å². The van der Waals surface area contributed by atoms with Crippen LogP contribution in [0.4, 0.5) is 0 Å². The van der Waals surface area contributed by atoms with E-state index in [1.54, 1.807) is 14.1 Å². The van der Waals surface area contributed by atoms with Crippen LogP contribution in [0.15, 0.2) is 9.98 Å². The molecule has 0 aliphatic rings. The maximum Gasteiger partial charge on any atom is 0.302 e. The molecule has 6 nitrogen and oxygen atoms in total. The number of rotatable bonds is 2. The fourth-order valence-corrected chi connectivity index (χ4v) is 0.364. The molecule has 0 radical (unpaired) electrons. The minimum absolute atomic E-state index is 0.00231. The second-order valence-electron chi connectivity index (χ2n) is 2.69. The third-order valence-electron chi connectivity index (χ3n) is 0.909. The number of esters is 1. The number of carbonyl (C=O) groups excluding carboxylic acids is 3. The summed E-state index contributed by atoms with van der Waals surface area (Å²) in [6, 6.07) is 0. The molecule has 0 heterocycles. The third-order valence-corrected chi connectivity index (χ3v) is 0.909. The van der Waals surface area contributed by atoms with Crippen molar-refractivity contribution in [1.82, 2.24) is 0 Å². The van der Waals surface area contributed by atoms with Gasteiger partial charge in [0.05, 0.1) is 19.5 Å². The molecular formula is C15H32N2O4. The molecule has 0 unspecified atom stereocenters. The summed E-state index contributed by atoms with van der Waals surface area (Å²) in [5.74, 6) is -0.250. The number of hydrogen-bond acceptors (Lipinski definition) is 6. The highest BCUT2D eigenvalue weighted by Crippen LogP contribution is 1.60. The Morgan fingerprint density at radius 3 is 0.952 bits per heavy atom. The number of ether oxygens (including phenoxy) is 1. The topological polar surface area (TPSA) is 85.2 Å². The largest absolute Gasteiger partial charge is 0.469 e. The smallest absolute Gasteiger partial charge is 0.302 e. The lowest BCUT2D eigenvalue weighted by Crippen LogP contribution is -1.88. The first kappa shape index (κ1) is 31.5. The number of Topliss-reactive ketones (excluding diaryl/α,β-unsaturated/α-hetero) is 2. The van der Waals surface area contributed by atoms with Crippen molar-refractivity contribution in [2.24, 2.45) is 9.98 Å². The molecule has 126 valence electrons. The summed E-state index contributed by atoms with van der Waals surface area (Å²) in [6.07, 6.45) is 2.56. The predicted octanol–water partition coefficient (Wildman–Crippen LogP) is 2.78. The van der Waals surface area contributed by atoms with Crippen molar-refractivity contribution in [3.05, 3.63) is 0 Å². The summed E-state index contributed by atoms with van der Waals surface area (Å²) in [4.78, 5) is 36.3. The molecule has 21 heavy (non-hydrogen) atoms. The first-order valence-corrected chi connectivity index (χ1v) is 6.71. The third kappa shape index (κ3) is 125. The van der Waals surface area contributed by atoms with Crippen molar-refractivity contribution in [1.29, 1.82) is 0 Å². The Hall–Kier alpha value is -1.85. The molecule has 6 heteroatoms. The zero-order valence-electron chi connectivity index (χ0n) is 15.2. The van der Waals surface area contributed by atoms with Crippen LogP contribution in [0.2, 0.25) is 0 Å². The van der Waals surface area contributed by atoms with Gasteiger partial charge in [-0.15, -0.1) is 0 Å². The van der Waals surface area contributed by atoms with Crippen LogP contribution in [-0.4, -0.2) is 51.2 Å². The molecule has 0 atom stereocenters. The van der Waals surface area contributed by atoms with Crippen LogP contribution in [0.5, 0.6) is 0 Å². The molecule has 0 N–H and O–H groups in total. The molecule has 0 aliphatic heterocycles. The maximum absolute atomic E-state index is 9.89. The van der Waals surface area contributed by atoms with Gasteiger partial charge in [0, 0.05) is 34.9 Å². The number of hydrogen-bond donors (Lipinski definition) is 0. The number of ketones is 2. The molecule has 0 amide bonds. The monoisotopic (exact) mass is 304 g/mol. The van der Waals surface area contributed by atoms with E-state index < -0.39 is 0 Å².